The van der Waals surface area contributed by atoms with Crippen molar-refractivity contribution in [3.63, 3.8) is 0 Å². The first-order valence-electron chi connectivity index (χ1n) is 5.89. The molecule has 1 saturated heterocycles. The highest BCUT2D eigenvalue weighted by Gasteiger charge is 2.35. The first kappa shape index (κ1) is 13.8. The van der Waals surface area contributed by atoms with Crippen LogP contribution in [0, 0.1) is 16.0 Å². The van der Waals surface area contributed by atoms with Crippen LogP contribution in [0.5, 0.6) is 0 Å². The van der Waals surface area contributed by atoms with Gasteiger partial charge in [0.2, 0.25) is 5.91 Å². The van der Waals surface area contributed by atoms with E-state index in [1.807, 2.05) is 0 Å². The number of nitrogens with two attached hydrogens (primary N) is 2. The number of nitrogen functional groups attached to an aromatic ring is 1. The van der Waals surface area contributed by atoms with Gasteiger partial charge in [-0.1, -0.05) is 6.07 Å². The number of nitrogens with zero attached hydrogens (tertiary/aromatic N) is 2. The van der Waals surface area contributed by atoms with Crippen LogP contribution in [0.15, 0.2) is 18.2 Å². The molecular weight excluding hydrogens is 264 g/mol. The highest BCUT2D eigenvalue weighted by Crippen LogP contribution is 2.28. The molecule has 0 aromatic heterocycles. The van der Waals surface area contributed by atoms with Crippen molar-refractivity contribution in [3.8, 4) is 0 Å². The van der Waals surface area contributed by atoms with Crippen LogP contribution in [0.1, 0.15) is 12.0 Å². The molecule has 3 amide bonds. The summed E-state index contributed by atoms with van der Waals surface area (Å²) in [6.45, 7) is 0.251. The summed E-state index contributed by atoms with van der Waals surface area (Å²) in [5.41, 5.74) is 11.1. The summed E-state index contributed by atoms with van der Waals surface area (Å²) >= 11 is 0. The molecule has 0 saturated carbocycles. The maximum atomic E-state index is 11.9. The lowest BCUT2D eigenvalue weighted by Gasteiger charge is -2.11. The van der Waals surface area contributed by atoms with E-state index in [-0.39, 0.29) is 24.3 Å². The molecule has 8 heteroatoms. The molecule has 0 aliphatic carbocycles. The Kier molecular flexibility index (Phi) is 3.55. The number of rotatable bonds is 3. The van der Waals surface area contributed by atoms with Crippen LogP contribution in [0.3, 0.4) is 0 Å². The third-order valence-electron chi connectivity index (χ3n) is 3.16. The SMILES string of the molecule is NC(=O)N1CC[C](Cc2ccc(N)c([N+](=O)[O-])c2)C1=O. The second-order valence-corrected chi connectivity index (χ2v) is 4.48. The van der Waals surface area contributed by atoms with Crippen LogP contribution in [0.4, 0.5) is 16.2 Å². The van der Waals surface area contributed by atoms with E-state index in [0.29, 0.717) is 17.9 Å². The molecule has 1 radical (unpaired) electrons. The average Bonchev–Trinajstić information content (AvgIpc) is 2.73. The number of amides is 3. The van der Waals surface area contributed by atoms with E-state index in [4.69, 9.17) is 11.5 Å². The van der Waals surface area contributed by atoms with Gasteiger partial charge < -0.3 is 11.5 Å². The van der Waals surface area contributed by atoms with Gasteiger partial charge in [0.05, 0.1) is 10.8 Å². The highest BCUT2D eigenvalue weighted by atomic mass is 16.6. The average molecular weight is 277 g/mol. The Morgan fingerprint density at radius 2 is 2.15 bits per heavy atom. The fourth-order valence-corrected chi connectivity index (χ4v) is 2.12. The van der Waals surface area contributed by atoms with Crippen molar-refractivity contribution in [1.82, 2.24) is 4.90 Å². The monoisotopic (exact) mass is 277 g/mol. The van der Waals surface area contributed by atoms with E-state index in [0.717, 1.165) is 4.90 Å². The molecular formula is C12H13N4O4. The standard InChI is InChI=1S/C12H13N4O4/c13-9-2-1-7(6-10(9)16(19)20)5-8-3-4-15(11(8)17)12(14)18/h1-2,6H,3-5,13H2,(H2,14,18). The Labute approximate surface area is 114 Å². The van der Waals surface area contributed by atoms with E-state index < -0.39 is 16.9 Å². The number of carbonyl (C=O) groups is 2. The minimum atomic E-state index is -0.784. The Morgan fingerprint density at radius 3 is 2.70 bits per heavy atom. The van der Waals surface area contributed by atoms with Gasteiger partial charge in [0.15, 0.2) is 0 Å². The molecule has 4 N–H and O–H groups in total. The molecule has 105 valence electrons. The molecule has 1 aliphatic heterocycles. The molecule has 20 heavy (non-hydrogen) atoms. The number of anilines is 1. The number of carbonyl (C=O) groups excluding carboxylic acids is 2. The van der Waals surface area contributed by atoms with Gasteiger partial charge in [-0.3, -0.25) is 19.8 Å². The second kappa shape index (κ2) is 5.16. The summed E-state index contributed by atoms with van der Waals surface area (Å²) < 4.78 is 0. The summed E-state index contributed by atoms with van der Waals surface area (Å²) in [6, 6.07) is 3.60. The zero-order valence-corrected chi connectivity index (χ0v) is 10.5. The minimum Gasteiger partial charge on any atom is -0.393 e. The molecule has 0 bridgehead atoms. The molecule has 0 atom stereocenters. The van der Waals surface area contributed by atoms with Crippen molar-refractivity contribution >= 4 is 23.3 Å². The van der Waals surface area contributed by atoms with Crippen molar-refractivity contribution in [2.75, 3.05) is 12.3 Å². The first-order chi connectivity index (χ1) is 9.40. The summed E-state index contributed by atoms with van der Waals surface area (Å²) in [6.07, 6.45) is 0.656. The molecule has 0 unspecified atom stereocenters. The molecule has 1 fully saturated rings. The predicted octanol–water partition coefficient (Wildman–Crippen LogP) is 0.605. The maximum Gasteiger partial charge on any atom is 0.321 e. The topological polar surface area (TPSA) is 133 Å². The number of nitro benzene ring substituents is 1. The first-order valence-corrected chi connectivity index (χ1v) is 5.89. The summed E-state index contributed by atoms with van der Waals surface area (Å²) in [5.74, 6) is 0.0832. The molecule has 1 aliphatic rings. The van der Waals surface area contributed by atoms with E-state index >= 15 is 0 Å². The number of hydrogen-bond acceptors (Lipinski definition) is 5. The van der Waals surface area contributed by atoms with Gasteiger partial charge in [-0.05, 0) is 24.5 Å². The second-order valence-electron chi connectivity index (χ2n) is 4.48. The number of urea groups is 1. The van der Waals surface area contributed by atoms with Crippen LogP contribution in [0.2, 0.25) is 0 Å². The molecule has 2 rings (SSSR count). The molecule has 1 heterocycles. The molecule has 8 nitrogen and oxygen atoms in total. The number of primary amides is 1. The van der Waals surface area contributed by atoms with Crippen LogP contribution in [-0.4, -0.2) is 28.3 Å². The van der Waals surface area contributed by atoms with E-state index in [9.17, 15) is 19.7 Å². The Balaban J connectivity index is 2.15. The number of hydrogen-bond donors (Lipinski definition) is 2. The third kappa shape index (κ3) is 2.53. The van der Waals surface area contributed by atoms with Crippen molar-refractivity contribution in [3.05, 3.63) is 39.8 Å². The lowest BCUT2D eigenvalue weighted by molar-refractivity contribution is -0.384. The van der Waals surface area contributed by atoms with Crippen LogP contribution in [0.25, 0.3) is 0 Å². The number of likely N-dealkylation sites (tertiary alicyclic amines) is 1. The summed E-state index contributed by atoms with van der Waals surface area (Å²) in [5, 5.41) is 10.8. The van der Waals surface area contributed by atoms with Gasteiger partial charge in [0, 0.05) is 12.6 Å². The van der Waals surface area contributed by atoms with E-state index in [2.05, 4.69) is 0 Å². The number of imide groups is 1. The van der Waals surface area contributed by atoms with Gasteiger partial charge in [0.1, 0.15) is 5.69 Å². The largest absolute Gasteiger partial charge is 0.393 e. The van der Waals surface area contributed by atoms with Gasteiger partial charge in [-0.2, -0.15) is 0 Å². The van der Waals surface area contributed by atoms with Crippen molar-refractivity contribution in [1.29, 1.82) is 0 Å². The Hall–Kier alpha value is -2.64. The smallest absolute Gasteiger partial charge is 0.321 e. The quantitative estimate of drug-likeness (QED) is 0.474. The third-order valence-corrected chi connectivity index (χ3v) is 3.16. The molecule has 1 aromatic rings. The van der Waals surface area contributed by atoms with Crippen molar-refractivity contribution in [2.24, 2.45) is 5.73 Å². The lowest BCUT2D eigenvalue weighted by Crippen LogP contribution is -2.37. The van der Waals surface area contributed by atoms with E-state index in [1.165, 1.54) is 12.1 Å². The van der Waals surface area contributed by atoms with Crippen molar-refractivity contribution in [2.45, 2.75) is 12.8 Å². The fourth-order valence-electron chi connectivity index (χ4n) is 2.12. The van der Waals surface area contributed by atoms with Crippen LogP contribution >= 0.6 is 0 Å². The predicted molar refractivity (Wildman–Crippen MR) is 70.4 cm³/mol. The van der Waals surface area contributed by atoms with Crippen molar-refractivity contribution < 1.29 is 14.5 Å². The minimum absolute atomic E-state index is 0.0697. The van der Waals surface area contributed by atoms with E-state index in [1.54, 1.807) is 6.07 Å². The molecule has 1 aromatic carbocycles. The number of nitro groups is 1. The maximum absolute atomic E-state index is 11.9. The highest BCUT2D eigenvalue weighted by molar-refractivity contribution is 6.03. The fraction of sp³-hybridized carbons (Fsp3) is 0.250. The molecule has 0 spiro atoms. The van der Waals surface area contributed by atoms with Gasteiger partial charge in [-0.15, -0.1) is 0 Å². The Bertz CT molecular complexity index is 587. The number of benzene rings is 1. The van der Waals surface area contributed by atoms with Crippen LogP contribution < -0.4 is 11.5 Å². The zero-order chi connectivity index (χ0) is 14.9. The summed E-state index contributed by atoms with van der Waals surface area (Å²) in [7, 11) is 0. The van der Waals surface area contributed by atoms with Gasteiger partial charge >= 0.3 is 6.03 Å². The summed E-state index contributed by atoms with van der Waals surface area (Å²) in [4.78, 5) is 34.1. The normalized spacial score (nSPS) is 15.6. The lowest BCUT2D eigenvalue weighted by atomic mass is 9.97. The van der Waals surface area contributed by atoms with Gasteiger partial charge in [0.25, 0.3) is 5.69 Å². The Morgan fingerprint density at radius 1 is 1.45 bits per heavy atom. The van der Waals surface area contributed by atoms with Gasteiger partial charge in [-0.25, -0.2) is 4.79 Å². The zero-order valence-electron chi connectivity index (χ0n) is 10.5. The van der Waals surface area contributed by atoms with Crippen LogP contribution in [-0.2, 0) is 11.2 Å².